The van der Waals surface area contributed by atoms with Gasteiger partial charge in [-0.05, 0) is 24.3 Å². The summed E-state index contributed by atoms with van der Waals surface area (Å²) in [7, 11) is 0. The maximum Gasteiger partial charge on any atom is 0.417 e. The van der Waals surface area contributed by atoms with E-state index in [9.17, 15) is 22.4 Å². The van der Waals surface area contributed by atoms with Crippen LogP contribution in [-0.4, -0.2) is 42.0 Å². The van der Waals surface area contributed by atoms with Crippen molar-refractivity contribution in [1.29, 1.82) is 0 Å². The summed E-state index contributed by atoms with van der Waals surface area (Å²) < 4.78 is 51.6. The molecule has 0 saturated carbocycles. The second-order valence-electron chi connectivity index (χ2n) is 6.15. The van der Waals surface area contributed by atoms with E-state index in [1.54, 1.807) is 9.80 Å². The molecule has 2 heterocycles. The first-order valence-electron chi connectivity index (χ1n) is 8.24. The van der Waals surface area contributed by atoms with Crippen LogP contribution in [0.25, 0.3) is 0 Å². The molecule has 0 unspecified atom stereocenters. The minimum absolute atomic E-state index is 0.135. The standard InChI is InChI=1S/C18H16ClF4N3O/c19-14-2-1-3-15(20)13(14)10-17(27)26-8-6-25(7-9-26)16-5-4-12(11-24-16)18(21,22)23/h1-5,11H,6-10H2. The van der Waals surface area contributed by atoms with Crippen molar-refractivity contribution in [2.45, 2.75) is 12.6 Å². The van der Waals surface area contributed by atoms with Crippen LogP contribution in [0.1, 0.15) is 11.1 Å². The van der Waals surface area contributed by atoms with E-state index in [1.165, 1.54) is 24.3 Å². The fraction of sp³-hybridized carbons (Fsp3) is 0.333. The van der Waals surface area contributed by atoms with Crippen LogP contribution in [0.2, 0.25) is 5.02 Å². The minimum Gasteiger partial charge on any atom is -0.353 e. The third-order valence-corrected chi connectivity index (χ3v) is 4.78. The van der Waals surface area contributed by atoms with E-state index in [-0.39, 0.29) is 22.9 Å². The van der Waals surface area contributed by atoms with Crippen LogP contribution in [0.15, 0.2) is 36.5 Å². The zero-order chi connectivity index (χ0) is 19.6. The minimum atomic E-state index is -4.43. The fourth-order valence-electron chi connectivity index (χ4n) is 2.89. The number of amides is 1. The van der Waals surface area contributed by atoms with Crippen molar-refractivity contribution in [2.24, 2.45) is 0 Å². The third-order valence-electron chi connectivity index (χ3n) is 4.42. The lowest BCUT2D eigenvalue weighted by molar-refractivity contribution is -0.137. The van der Waals surface area contributed by atoms with Gasteiger partial charge in [0.05, 0.1) is 12.0 Å². The van der Waals surface area contributed by atoms with Gasteiger partial charge in [0.1, 0.15) is 11.6 Å². The van der Waals surface area contributed by atoms with Crippen molar-refractivity contribution in [1.82, 2.24) is 9.88 Å². The van der Waals surface area contributed by atoms with E-state index >= 15 is 0 Å². The van der Waals surface area contributed by atoms with Gasteiger partial charge in [-0.25, -0.2) is 9.37 Å². The van der Waals surface area contributed by atoms with Gasteiger partial charge in [0.25, 0.3) is 0 Å². The van der Waals surface area contributed by atoms with E-state index in [0.29, 0.717) is 32.0 Å². The monoisotopic (exact) mass is 401 g/mol. The second-order valence-corrected chi connectivity index (χ2v) is 6.55. The number of hydrogen-bond donors (Lipinski definition) is 0. The molecule has 9 heteroatoms. The van der Waals surface area contributed by atoms with Crippen molar-refractivity contribution in [2.75, 3.05) is 31.1 Å². The Balaban J connectivity index is 1.59. The van der Waals surface area contributed by atoms with Gasteiger partial charge < -0.3 is 9.80 Å². The van der Waals surface area contributed by atoms with E-state index in [1.807, 2.05) is 0 Å². The molecule has 2 aromatic rings. The number of rotatable bonds is 3. The Morgan fingerprint density at radius 1 is 1.11 bits per heavy atom. The van der Waals surface area contributed by atoms with E-state index in [2.05, 4.69) is 4.98 Å². The zero-order valence-electron chi connectivity index (χ0n) is 14.1. The van der Waals surface area contributed by atoms with Crippen LogP contribution in [0.4, 0.5) is 23.4 Å². The molecule has 144 valence electrons. The molecule has 0 N–H and O–H groups in total. The summed E-state index contributed by atoms with van der Waals surface area (Å²) >= 11 is 5.95. The molecular formula is C18H16ClF4N3O. The number of benzene rings is 1. The molecular weight excluding hydrogens is 386 g/mol. The Morgan fingerprint density at radius 2 is 1.81 bits per heavy atom. The molecule has 3 rings (SSSR count). The molecule has 0 radical (unpaired) electrons. The number of alkyl halides is 3. The van der Waals surface area contributed by atoms with Crippen LogP contribution in [-0.2, 0) is 17.4 Å². The van der Waals surface area contributed by atoms with Crippen molar-refractivity contribution in [3.8, 4) is 0 Å². The van der Waals surface area contributed by atoms with Crippen molar-refractivity contribution in [3.05, 3.63) is 58.5 Å². The molecule has 1 saturated heterocycles. The molecule has 1 amide bonds. The number of halogens is 5. The first kappa shape index (κ1) is 19.4. The summed E-state index contributed by atoms with van der Waals surface area (Å²) in [6, 6.07) is 6.56. The molecule has 1 aliphatic rings. The summed E-state index contributed by atoms with van der Waals surface area (Å²) in [5, 5.41) is 0.205. The van der Waals surface area contributed by atoms with Crippen molar-refractivity contribution >= 4 is 23.3 Å². The predicted molar refractivity (Wildman–Crippen MR) is 93.1 cm³/mol. The fourth-order valence-corrected chi connectivity index (χ4v) is 3.12. The van der Waals surface area contributed by atoms with E-state index in [4.69, 9.17) is 11.6 Å². The first-order valence-corrected chi connectivity index (χ1v) is 8.62. The van der Waals surface area contributed by atoms with Gasteiger partial charge >= 0.3 is 6.18 Å². The van der Waals surface area contributed by atoms with E-state index in [0.717, 1.165) is 12.3 Å². The first-order chi connectivity index (χ1) is 12.8. The van der Waals surface area contributed by atoms with Gasteiger partial charge in [0.2, 0.25) is 5.91 Å². The average Bonchev–Trinajstić information content (AvgIpc) is 2.64. The summed E-state index contributed by atoms with van der Waals surface area (Å²) in [6.45, 7) is 1.59. The Bertz CT molecular complexity index is 798. The van der Waals surface area contributed by atoms with Gasteiger partial charge in [-0.15, -0.1) is 0 Å². The normalized spacial score (nSPS) is 15.1. The number of nitrogens with zero attached hydrogens (tertiary/aromatic N) is 3. The molecule has 4 nitrogen and oxygen atoms in total. The highest BCUT2D eigenvalue weighted by Gasteiger charge is 2.31. The second kappa shape index (κ2) is 7.72. The number of anilines is 1. The predicted octanol–water partition coefficient (Wildman–Crippen LogP) is 3.78. The third kappa shape index (κ3) is 4.50. The number of piperazine rings is 1. The number of pyridine rings is 1. The Labute approximate surface area is 158 Å². The maximum atomic E-state index is 13.8. The summed E-state index contributed by atoms with van der Waals surface area (Å²) in [4.78, 5) is 19.7. The Morgan fingerprint density at radius 3 is 2.37 bits per heavy atom. The average molecular weight is 402 g/mol. The summed E-state index contributed by atoms with van der Waals surface area (Å²) in [5.74, 6) is -0.349. The number of carbonyl (C=O) groups excluding carboxylic acids is 1. The largest absolute Gasteiger partial charge is 0.417 e. The quantitative estimate of drug-likeness (QED) is 0.734. The van der Waals surface area contributed by atoms with Gasteiger partial charge in [0, 0.05) is 43.0 Å². The smallest absolute Gasteiger partial charge is 0.353 e. The molecule has 1 fully saturated rings. The number of aromatic nitrogens is 1. The van der Waals surface area contributed by atoms with Crippen LogP contribution >= 0.6 is 11.6 Å². The van der Waals surface area contributed by atoms with Crippen LogP contribution < -0.4 is 4.90 Å². The van der Waals surface area contributed by atoms with Crippen molar-refractivity contribution in [3.63, 3.8) is 0 Å². The molecule has 27 heavy (non-hydrogen) atoms. The van der Waals surface area contributed by atoms with Gasteiger partial charge in [-0.1, -0.05) is 17.7 Å². The molecule has 1 aliphatic heterocycles. The van der Waals surface area contributed by atoms with Gasteiger partial charge in [0.15, 0.2) is 0 Å². The lowest BCUT2D eigenvalue weighted by Gasteiger charge is -2.35. The molecule has 0 atom stereocenters. The number of hydrogen-bond acceptors (Lipinski definition) is 3. The highest BCUT2D eigenvalue weighted by atomic mass is 35.5. The van der Waals surface area contributed by atoms with Gasteiger partial charge in [-0.3, -0.25) is 4.79 Å². The van der Waals surface area contributed by atoms with Crippen LogP contribution in [0, 0.1) is 5.82 Å². The van der Waals surface area contributed by atoms with Crippen LogP contribution in [0.3, 0.4) is 0 Å². The molecule has 1 aromatic carbocycles. The highest BCUT2D eigenvalue weighted by molar-refractivity contribution is 6.31. The molecule has 0 spiro atoms. The Kier molecular flexibility index (Phi) is 5.55. The molecule has 0 bridgehead atoms. The van der Waals surface area contributed by atoms with Crippen molar-refractivity contribution < 1.29 is 22.4 Å². The number of carbonyl (C=O) groups is 1. The van der Waals surface area contributed by atoms with E-state index < -0.39 is 17.6 Å². The topological polar surface area (TPSA) is 36.4 Å². The van der Waals surface area contributed by atoms with Crippen LogP contribution in [0.5, 0.6) is 0 Å². The lowest BCUT2D eigenvalue weighted by atomic mass is 10.1. The van der Waals surface area contributed by atoms with Gasteiger partial charge in [-0.2, -0.15) is 13.2 Å². The molecule has 0 aliphatic carbocycles. The SMILES string of the molecule is O=C(Cc1c(F)cccc1Cl)N1CCN(c2ccc(C(F)(F)F)cn2)CC1. The zero-order valence-corrected chi connectivity index (χ0v) is 14.9. The Hall–Kier alpha value is -2.35. The lowest BCUT2D eigenvalue weighted by Crippen LogP contribution is -2.49. The summed E-state index contributed by atoms with van der Waals surface area (Å²) in [5.41, 5.74) is -0.641. The summed E-state index contributed by atoms with van der Waals surface area (Å²) in [6.07, 6.45) is -3.76. The highest BCUT2D eigenvalue weighted by Crippen LogP contribution is 2.29. The maximum absolute atomic E-state index is 13.8. The molecule has 1 aromatic heterocycles.